The number of nitrogens with one attached hydrogen (secondary N) is 1. The maximum Gasteiger partial charge on any atom is 0.223 e. The summed E-state index contributed by atoms with van der Waals surface area (Å²) in [6, 6.07) is 0. The van der Waals surface area contributed by atoms with Gasteiger partial charge < -0.3 is 10.2 Å². The Balaban J connectivity index is 1.41. The molecule has 0 aromatic heterocycles. The third kappa shape index (κ3) is 3.31. The summed E-state index contributed by atoms with van der Waals surface area (Å²) >= 11 is 0. The maximum atomic E-state index is 12.7. The van der Waals surface area contributed by atoms with Gasteiger partial charge in [0.2, 0.25) is 5.91 Å². The summed E-state index contributed by atoms with van der Waals surface area (Å²) in [5.74, 6) is 2.49. The van der Waals surface area contributed by atoms with Crippen LogP contribution in [0, 0.1) is 29.1 Å². The second kappa shape index (κ2) is 7.13. The lowest BCUT2D eigenvalue weighted by molar-refractivity contribution is -0.127. The van der Waals surface area contributed by atoms with Crippen molar-refractivity contribution in [3.8, 4) is 0 Å². The van der Waals surface area contributed by atoms with Crippen LogP contribution in [0.15, 0.2) is 0 Å². The van der Waals surface area contributed by atoms with Crippen molar-refractivity contribution >= 4 is 5.91 Å². The van der Waals surface area contributed by atoms with E-state index in [1.165, 1.54) is 58.2 Å². The molecule has 3 rings (SSSR count). The van der Waals surface area contributed by atoms with Crippen molar-refractivity contribution in [2.24, 2.45) is 29.1 Å². The van der Waals surface area contributed by atoms with Gasteiger partial charge in [0, 0.05) is 12.5 Å². The molecule has 1 N–H and O–H groups in total. The van der Waals surface area contributed by atoms with Crippen molar-refractivity contribution < 1.29 is 4.79 Å². The van der Waals surface area contributed by atoms with E-state index >= 15 is 0 Å². The van der Waals surface area contributed by atoms with Gasteiger partial charge in [-0.3, -0.25) is 4.79 Å². The first-order chi connectivity index (χ1) is 11.1. The quantitative estimate of drug-likeness (QED) is 0.726. The normalized spacial score (nSPS) is 35.8. The molecule has 1 heterocycles. The van der Waals surface area contributed by atoms with Crippen LogP contribution in [0.1, 0.15) is 65.7 Å². The van der Waals surface area contributed by atoms with Gasteiger partial charge in [0.05, 0.1) is 0 Å². The summed E-state index contributed by atoms with van der Waals surface area (Å²) in [5, 5.41) is 3.26. The van der Waals surface area contributed by atoms with Gasteiger partial charge in [-0.25, -0.2) is 0 Å². The number of hydrogen-bond donors (Lipinski definition) is 1. The van der Waals surface area contributed by atoms with Gasteiger partial charge in [0.15, 0.2) is 0 Å². The van der Waals surface area contributed by atoms with Crippen molar-refractivity contribution in [2.75, 3.05) is 26.2 Å². The van der Waals surface area contributed by atoms with Crippen LogP contribution in [0.3, 0.4) is 0 Å². The van der Waals surface area contributed by atoms with Crippen LogP contribution < -0.4 is 5.32 Å². The zero-order valence-corrected chi connectivity index (χ0v) is 15.4. The molecule has 132 valence electrons. The Morgan fingerprint density at radius 1 is 1.17 bits per heavy atom. The molecule has 1 spiro atoms. The van der Waals surface area contributed by atoms with Crippen LogP contribution in [0.5, 0.6) is 0 Å². The van der Waals surface area contributed by atoms with E-state index in [9.17, 15) is 4.79 Å². The lowest BCUT2D eigenvalue weighted by Gasteiger charge is -2.22. The summed E-state index contributed by atoms with van der Waals surface area (Å²) in [5.41, 5.74) is 0.520. The van der Waals surface area contributed by atoms with Crippen molar-refractivity contribution in [3.05, 3.63) is 0 Å². The fourth-order valence-corrected chi connectivity index (χ4v) is 5.94. The number of amides is 1. The number of nitrogens with zero attached hydrogens (tertiary/aromatic N) is 1. The SMILES string of the molecule is CCC1C(C)C(C(=O)NCCCCN2CCCC2)C(C)C12CC2. The smallest absolute Gasteiger partial charge is 0.223 e. The van der Waals surface area contributed by atoms with Gasteiger partial charge in [-0.15, -0.1) is 0 Å². The number of carbonyl (C=O) groups excluding carboxylic acids is 1. The molecule has 1 aliphatic heterocycles. The first-order valence-corrected chi connectivity index (χ1v) is 10.1. The molecule has 0 aromatic carbocycles. The summed E-state index contributed by atoms with van der Waals surface area (Å²) in [6.07, 6.45) is 9.04. The van der Waals surface area contributed by atoms with Gasteiger partial charge in [-0.1, -0.05) is 27.2 Å². The minimum absolute atomic E-state index is 0.251. The molecule has 4 atom stereocenters. The van der Waals surface area contributed by atoms with Crippen LogP contribution in [0.4, 0.5) is 0 Å². The van der Waals surface area contributed by atoms with Gasteiger partial charge in [0.25, 0.3) is 0 Å². The first kappa shape index (κ1) is 17.3. The predicted molar refractivity (Wildman–Crippen MR) is 95.2 cm³/mol. The van der Waals surface area contributed by atoms with E-state index in [-0.39, 0.29) is 5.92 Å². The Kier molecular flexibility index (Phi) is 5.35. The minimum atomic E-state index is 0.251. The Bertz CT molecular complexity index is 412. The van der Waals surface area contributed by atoms with E-state index in [0.29, 0.717) is 23.2 Å². The summed E-state index contributed by atoms with van der Waals surface area (Å²) in [4.78, 5) is 15.3. The molecule has 3 nitrogen and oxygen atoms in total. The first-order valence-electron chi connectivity index (χ1n) is 10.1. The van der Waals surface area contributed by atoms with Gasteiger partial charge in [-0.05, 0) is 81.3 Å². The Morgan fingerprint density at radius 2 is 1.87 bits per heavy atom. The predicted octanol–water partition coefficient (Wildman–Crippen LogP) is 3.69. The van der Waals surface area contributed by atoms with Crippen LogP contribution >= 0.6 is 0 Å². The third-order valence-corrected chi connectivity index (χ3v) is 7.35. The van der Waals surface area contributed by atoms with E-state index < -0.39 is 0 Å². The van der Waals surface area contributed by atoms with Crippen LogP contribution in [0.25, 0.3) is 0 Å². The van der Waals surface area contributed by atoms with Crippen LogP contribution in [-0.2, 0) is 4.79 Å². The minimum Gasteiger partial charge on any atom is -0.356 e. The summed E-state index contributed by atoms with van der Waals surface area (Å²) in [6.45, 7) is 11.6. The second-order valence-corrected chi connectivity index (χ2v) is 8.47. The average Bonchev–Trinajstić information content (AvgIpc) is 3.09. The molecular formula is C20H36N2O. The maximum absolute atomic E-state index is 12.7. The zero-order chi connectivity index (χ0) is 16.4. The van der Waals surface area contributed by atoms with E-state index in [1.54, 1.807) is 0 Å². The lowest BCUT2D eigenvalue weighted by Crippen LogP contribution is -2.36. The molecule has 3 aliphatic rings. The molecular weight excluding hydrogens is 284 g/mol. The Hall–Kier alpha value is -0.570. The molecule has 3 fully saturated rings. The molecule has 2 aliphatic carbocycles. The Morgan fingerprint density at radius 3 is 2.43 bits per heavy atom. The molecule has 0 aromatic rings. The largest absolute Gasteiger partial charge is 0.356 e. The number of unbranched alkanes of at least 4 members (excludes halogenated alkanes) is 1. The standard InChI is InChI=1S/C20H36N2O/c1-4-17-15(2)18(16(3)20(17)9-10-20)19(23)21-11-5-6-12-22-13-7-8-14-22/h15-18H,4-14H2,1-3H3,(H,21,23). The molecule has 1 amide bonds. The van der Waals surface area contributed by atoms with Crippen LogP contribution in [-0.4, -0.2) is 37.0 Å². The van der Waals surface area contributed by atoms with E-state index in [1.807, 2.05) is 0 Å². The molecule has 3 heteroatoms. The van der Waals surface area contributed by atoms with Gasteiger partial charge in [0.1, 0.15) is 0 Å². The van der Waals surface area contributed by atoms with Crippen molar-refractivity contribution in [2.45, 2.75) is 65.7 Å². The molecule has 0 radical (unpaired) electrons. The highest BCUT2D eigenvalue weighted by atomic mass is 16.1. The number of carbonyl (C=O) groups is 1. The second-order valence-electron chi connectivity index (χ2n) is 8.47. The lowest BCUT2D eigenvalue weighted by atomic mass is 9.83. The fourth-order valence-electron chi connectivity index (χ4n) is 5.94. The number of likely N-dealkylation sites (tertiary alicyclic amines) is 1. The third-order valence-electron chi connectivity index (χ3n) is 7.35. The molecule has 4 unspecified atom stereocenters. The number of rotatable bonds is 7. The molecule has 0 bridgehead atoms. The highest BCUT2D eigenvalue weighted by molar-refractivity contribution is 5.80. The topological polar surface area (TPSA) is 32.3 Å². The molecule has 2 saturated carbocycles. The highest BCUT2D eigenvalue weighted by Gasteiger charge is 2.63. The fraction of sp³-hybridized carbons (Fsp3) is 0.950. The average molecular weight is 321 g/mol. The number of hydrogen-bond acceptors (Lipinski definition) is 2. The molecule has 23 heavy (non-hydrogen) atoms. The van der Waals surface area contributed by atoms with Gasteiger partial charge in [-0.2, -0.15) is 0 Å². The van der Waals surface area contributed by atoms with Gasteiger partial charge >= 0.3 is 0 Å². The van der Waals surface area contributed by atoms with E-state index in [2.05, 4.69) is 31.0 Å². The monoisotopic (exact) mass is 320 g/mol. The molecule has 1 saturated heterocycles. The van der Waals surface area contributed by atoms with E-state index in [4.69, 9.17) is 0 Å². The summed E-state index contributed by atoms with van der Waals surface area (Å²) in [7, 11) is 0. The van der Waals surface area contributed by atoms with E-state index in [0.717, 1.165) is 18.9 Å². The van der Waals surface area contributed by atoms with Crippen molar-refractivity contribution in [1.29, 1.82) is 0 Å². The Labute approximate surface area is 142 Å². The van der Waals surface area contributed by atoms with Crippen molar-refractivity contribution in [3.63, 3.8) is 0 Å². The van der Waals surface area contributed by atoms with Crippen LogP contribution in [0.2, 0.25) is 0 Å². The van der Waals surface area contributed by atoms with Crippen molar-refractivity contribution in [1.82, 2.24) is 10.2 Å². The summed E-state index contributed by atoms with van der Waals surface area (Å²) < 4.78 is 0. The highest BCUT2D eigenvalue weighted by Crippen LogP contribution is 2.68. The zero-order valence-electron chi connectivity index (χ0n) is 15.4.